The number of aliphatic hydroxyl groups is 1. The molecule has 3 aliphatic rings. The number of hydrogen-bond acceptors (Lipinski definition) is 5. The Balaban J connectivity index is 1.60. The van der Waals surface area contributed by atoms with Crippen molar-refractivity contribution in [3.8, 4) is 5.75 Å². The number of nitrogens with zero attached hydrogens (tertiary/aromatic N) is 2. The van der Waals surface area contributed by atoms with Gasteiger partial charge < -0.3 is 24.7 Å². The molecule has 5 rings (SSSR count). The van der Waals surface area contributed by atoms with Gasteiger partial charge in [-0.1, -0.05) is 42.3 Å². The Labute approximate surface area is 241 Å². The van der Waals surface area contributed by atoms with Crippen molar-refractivity contribution in [2.75, 3.05) is 38.2 Å². The van der Waals surface area contributed by atoms with Crippen LogP contribution < -0.4 is 9.64 Å². The molecule has 1 amide bonds. The number of allylic oxidation sites excluding steroid dienone is 1. The number of amides is 1. The average molecular weight is 567 g/mol. The number of aryl methyl sites for hydroxylation is 1. The minimum atomic E-state index is -2.40. The van der Waals surface area contributed by atoms with Gasteiger partial charge in [-0.2, -0.15) is 0 Å². The molecule has 1 spiro atoms. The van der Waals surface area contributed by atoms with Crippen molar-refractivity contribution in [2.24, 2.45) is 5.92 Å². The van der Waals surface area contributed by atoms with Gasteiger partial charge in [-0.25, -0.2) is 4.79 Å². The largest absolute Gasteiger partial charge is 0.490 e. The highest BCUT2D eigenvalue weighted by Gasteiger charge is 2.49. The molecule has 0 fully saturated rings. The second-order valence-corrected chi connectivity index (χ2v) is 12.1. The zero-order chi connectivity index (χ0) is 28.5. The van der Waals surface area contributed by atoms with Gasteiger partial charge >= 0.3 is 5.97 Å². The number of aliphatic carboxylic acids is 1. The van der Waals surface area contributed by atoms with Crippen molar-refractivity contribution >= 4 is 29.2 Å². The van der Waals surface area contributed by atoms with Gasteiger partial charge in [0.25, 0.3) is 0 Å². The standard InChI is InChI=1S/C32H39ClN2O5/c1-22-29(36)34(2)16-7-5-3-4-6-8-17-35-20-31(15-9-10-23-18-25(33)12-13-26(23)31)21-40-28-14-11-24(19-27(28)35)32(22,39)30(37)38/h5,7,11-14,18-19,22,39H,3-4,6,8-10,15-17,20-21H2,1-2H3,(H,37,38)/b7-5+/t22-,31+,32-/m1/s1. The second kappa shape index (κ2) is 11.5. The molecule has 7 nitrogen and oxygen atoms in total. The summed E-state index contributed by atoms with van der Waals surface area (Å²) in [7, 11) is 1.63. The van der Waals surface area contributed by atoms with E-state index in [9.17, 15) is 19.8 Å². The number of carbonyl (C=O) groups excluding carboxylic acids is 1. The van der Waals surface area contributed by atoms with Crippen molar-refractivity contribution in [3.63, 3.8) is 0 Å². The van der Waals surface area contributed by atoms with Crippen LogP contribution in [0.15, 0.2) is 48.6 Å². The molecule has 1 aliphatic carbocycles. The number of ether oxygens (including phenoxy) is 1. The number of carbonyl (C=O) groups is 2. The number of halogens is 1. The summed E-state index contributed by atoms with van der Waals surface area (Å²) in [5.41, 5.74) is 0.817. The summed E-state index contributed by atoms with van der Waals surface area (Å²) < 4.78 is 6.50. The smallest absolute Gasteiger partial charge is 0.341 e. The number of carboxylic acid groups (broad SMARTS) is 1. The van der Waals surface area contributed by atoms with E-state index >= 15 is 0 Å². The van der Waals surface area contributed by atoms with Crippen molar-refractivity contribution in [1.82, 2.24) is 4.90 Å². The minimum Gasteiger partial charge on any atom is -0.490 e. The van der Waals surface area contributed by atoms with E-state index in [-0.39, 0.29) is 11.0 Å². The molecule has 0 unspecified atom stereocenters. The molecule has 0 radical (unpaired) electrons. The van der Waals surface area contributed by atoms with Crippen molar-refractivity contribution in [1.29, 1.82) is 0 Å². The third-order valence-corrected chi connectivity index (χ3v) is 9.26. The summed E-state index contributed by atoms with van der Waals surface area (Å²) >= 11 is 6.36. The number of likely N-dealkylation sites (N-methyl/N-ethyl adjacent to an activating group) is 1. The molecule has 0 aromatic heterocycles. The molecule has 2 bridgehead atoms. The fourth-order valence-electron chi connectivity index (χ4n) is 6.64. The van der Waals surface area contributed by atoms with E-state index in [0.717, 1.165) is 62.2 Å². The zero-order valence-corrected chi connectivity index (χ0v) is 24.1. The Hall–Kier alpha value is -3.03. The predicted octanol–water partition coefficient (Wildman–Crippen LogP) is 5.31. The Morgan fingerprint density at radius 1 is 1.10 bits per heavy atom. The third-order valence-electron chi connectivity index (χ3n) is 9.02. The number of anilines is 1. The number of fused-ring (bicyclic) bond motifs is 3. The maximum Gasteiger partial charge on any atom is 0.341 e. The van der Waals surface area contributed by atoms with E-state index in [1.165, 1.54) is 23.0 Å². The van der Waals surface area contributed by atoms with Gasteiger partial charge in [0.15, 0.2) is 5.60 Å². The van der Waals surface area contributed by atoms with Gasteiger partial charge in [0.05, 0.1) is 18.2 Å². The lowest BCUT2D eigenvalue weighted by molar-refractivity contribution is -0.172. The predicted molar refractivity (Wildman–Crippen MR) is 156 cm³/mol. The van der Waals surface area contributed by atoms with Gasteiger partial charge in [0.2, 0.25) is 5.91 Å². The fraction of sp³-hybridized carbons (Fsp3) is 0.500. The molecule has 2 heterocycles. The first-order valence-corrected chi connectivity index (χ1v) is 14.7. The summed E-state index contributed by atoms with van der Waals surface area (Å²) in [4.78, 5) is 29.7. The topological polar surface area (TPSA) is 90.3 Å². The number of carboxylic acids is 1. The lowest BCUT2D eigenvalue weighted by atomic mass is 9.70. The van der Waals surface area contributed by atoms with Crippen LogP contribution in [0.1, 0.15) is 62.1 Å². The van der Waals surface area contributed by atoms with E-state index in [4.69, 9.17) is 16.3 Å². The Bertz CT molecular complexity index is 1310. The van der Waals surface area contributed by atoms with Gasteiger partial charge in [-0.15, -0.1) is 0 Å². The molecular weight excluding hydrogens is 528 g/mol. The first-order chi connectivity index (χ1) is 19.2. The molecule has 3 atom stereocenters. The molecule has 40 heavy (non-hydrogen) atoms. The first kappa shape index (κ1) is 28.5. The van der Waals surface area contributed by atoms with E-state index in [0.29, 0.717) is 25.4 Å². The van der Waals surface area contributed by atoms with Crippen LogP contribution in [-0.4, -0.2) is 60.3 Å². The Morgan fingerprint density at radius 2 is 1.93 bits per heavy atom. The van der Waals surface area contributed by atoms with Crippen molar-refractivity contribution in [2.45, 2.75) is 62.9 Å². The van der Waals surface area contributed by atoms with Crippen LogP contribution in [0.4, 0.5) is 5.69 Å². The van der Waals surface area contributed by atoms with Crippen LogP contribution in [-0.2, 0) is 27.0 Å². The Morgan fingerprint density at radius 3 is 2.73 bits per heavy atom. The highest BCUT2D eigenvalue weighted by atomic mass is 35.5. The summed E-state index contributed by atoms with van der Waals surface area (Å²) in [5, 5.41) is 22.7. The summed E-state index contributed by atoms with van der Waals surface area (Å²) in [5.74, 6) is -2.42. The van der Waals surface area contributed by atoms with E-state index in [1.807, 2.05) is 12.1 Å². The second-order valence-electron chi connectivity index (χ2n) is 11.7. The van der Waals surface area contributed by atoms with Crippen molar-refractivity contribution < 1.29 is 24.5 Å². The van der Waals surface area contributed by atoms with Crippen LogP contribution in [0, 0.1) is 5.92 Å². The molecule has 2 N–H and O–H groups in total. The number of benzene rings is 2. The van der Waals surface area contributed by atoms with Crippen LogP contribution in [0.2, 0.25) is 5.02 Å². The van der Waals surface area contributed by atoms with E-state index < -0.39 is 23.4 Å². The molecule has 2 aromatic carbocycles. The number of hydrogen-bond donors (Lipinski definition) is 2. The van der Waals surface area contributed by atoms with Crippen molar-refractivity contribution in [3.05, 3.63) is 70.3 Å². The lowest BCUT2D eigenvalue weighted by Crippen LogP contribution is -2.49. The van der Waals surface area contributed by atoms with Gasteiger partial charge in [-0.3, -0.25) is 4.79 Å². The molecule has 0 saturated carbocycles. The molecular formula is C32H39ClN2O5. The van der Waals surface area contributed by atoms with E-state index in [2.05, 4.69) is 23.1 Å². The van der Waals surface area contributed by atoms with Crippen LogP contribution in [0.3, 0.4) is 0 Å². The van der Waals surface area contributed by atoms with Crippen LogP contribution in [0.5, 0.6) is 5.75 Å². The first-order valence-electron chi connectivity index (χ1n) is 14.3. The summed E-state index contributed by atoms with van der Waals surface area (Å²) in [6.45, 7) is 3.83. The van der Waals surface area contributed by atoms with Gasteiger partial charge in [0.1, 0.15) is 5.75 Å². The minimum absolute atomic E-state index is 0.177. The lowest BCUT2D eigenvalue weighted by Gasteiger charge is -2.41. The average Bonchev–Trinajstić information content (AvgIpc) is 3.09. The van der Waals surface area contributed by atoms with Gasteiger partial charge in [0, 0.05) is 37.1 Å². The van der Waals surface area contributed by atoms with Crippen LogP contribution in [0.25, 0.3) is 0 Å². The molecule has 0 saturated heterocycles. The quantitative estimate of drug-likeness (QED) is 0.455. The zero-order valence-electron chi connectivity index (χ0n) is 23.4. The summed E-state index contributed by atoms with van der Waals surface area (Å²) in [6, 6.07) is 11.2. The molecule has 2 aromatic rings. The maximum atomic E-state index is 13.3. The SMILES string of the molecule is C[C@@H]1C(=O)N(C)C/C=C/CCCCCN2C[C@@]3(CCCc4cc(Cl)ccc43)COc3ccc(cc32)[C@@]1(O)C(=O)O. The third kappa shape index (κ3) is 5.21. The van der Waals surface area contributed by atoms with Crippen LogP contribution >= 0.6 is 11.6 Å². The number of rotatable bonds is 1. The molecule has 8 heteroatoms. The molecule has 2 aliphatic heterocycles. The van der Waals surface area contributed by atoms with E-state index in [1.54, 1.807) is 25.2 Å². The Kier molecular flexibility index (Phi) is 8.16. The highest BCUT2D eigenvalue weighted by Crippen LogP contribution is 2.46. The van der Waals surface area contributed by atoms with Gasteiger partial charge in [-0.05, 0) is 86.4 Å². The molecule has 214 valence electrons. The highest BCUT2D eigenvalue weighted by molar-refractivity contribution is 6.30. The fourth-order valence-corrected chi connectivity index (χ4v) is 6.83. The monoisotopic (exact) mass is 566 g/mol. The normalized spacial score (nSPS) is 28.4. The maximum absolute atomic E-state index is 13.3. The summed E-state index contributed by atoms with van der Waals surface area (Å²) in [6.07, 6.45) is 11.0.